The van der Waals surface area contributed by atoms with Gasteiger partial charge in [0.15, 0.2) is 5.78 Å². The van der Waals surface area contributed by atoms with Crippen LogP contribution in [0.1, 0.15) is 119 Å². The largest absolute Gasteiger partial charge is 0.492 e. The first kappa shape index (κ1) is 32.6. The summed E-state index contributed by atoms with van der Waals surface area (Å²) in [6.45, 7) is 17.8. The van der Waals surface area contributed by atoms with Gasteiger partial charge in [0, 0.05) is 6.81 Å². The predicted octanol–water partition coefficient (Wildman–Crippen LogP) is 9.00. The van der Waals surface area contributed by atoms with Crippen LogP contribution in [0.5, 0.6) is 5.75 Å². The van der Waals surface area contributed by atoms with Gasteiger partial charge in [-0.15, -0.1) is 0 Å². The molecule has 0 atom stereocenters. The van der Waals surface area contributed by atoms with Gasteiger partial charge >= 0.3 is 0 Å². The fraction of sp³-hybridized carbons (Fsp3) is 0.613. The normalized spacial score (nSPS) is 13.2. The molecule has 3 rings (SSSR count). The van der Waals surface area contributed by atoms with Gasteiger partial charge in [0.1, 0.15) is 5.75 Å². The summed E-state index contributed by atoms with van der Waals surface area (Å²) in [5.74, 6) is 0.975. The summed E-state index contributed by atoms with van der Waals surface area (Å²) < 4.78 is 6.20. The van der Waals surface area contributed by atoms with Crippen LogP contribution in [0.4, 0.5) is 0 Å². The summed E-state index contributed by atoms with van der Waals surface area (Å²) >= 11 is 0. The molecule has 0 unspecified atom stereocenters. The summed E-state index contributed by atoms with van der Waals surface area (Å²) in [6, 6.07) is 11.7. The molecule has 200 valence electrons. The molecule has 0 saturated heterocycles. The first-order chi connectivity index (χ1) is 16.8. The molecule has 1 aliphatic carbocycles. The molecule has 1 saturated carbocycles. The van der Waals surface area contributed by atoms with Crippen molar-refractivity contribution < 1.29 is 15.8 Å². The van der Waals surface area contributed by atoms with Crippen LogP contribution < -0.4 is 10.1 Å². The second-order valence-corrected chi connectivity index (χ2v) is 9.15. The Kier molecular flexibility index (Phi) is 16.8. The lowest BCUT2D eigenvalue weighted by molar-refractivity contribution is -0.121. The fourth-order valence-electron chi connectivity index (χ4n) is 3.82. The number of fused-ring (bicyclic) bond motifs is 1. The number of hydrogen-bond donors (Lipinski definition) is 1. The van der Waals surface area contributed by atoms with E-state index < -0.39 is 5.54 Å². The van der Waals surface area contributed by atoms with Crippen LogP contribution >= 0.6 is 0 Å². The van der Waals surface area contributed by atoms with E-state index in [1.54, 1.807) is 19.9 Å². The van der Waals surface area contributed by atoms with Gasteiger partial charge in [-0.25, -0.2) is 0 Å². The Labute approximate surface area is 216 Å². The average molecular weight is 488 g/mol. The molecule has 0 aromatic heterocycles. The third-order valence-corrected chi connectivity index (χ3v) is 5.93. The number of ether oxygens (including phenoxy) is 1. The SMILES string of the molecule is CC.CC.CC(=O)C(C)(C)NC(=O)c1ccc2ccccc2c1OCCC1CCCCC1.CCC.[HH]. The number of benzene rings is 2. The zero-order valence-corrected chi connectivity index (χ0v) is 23.9. The van der Waals surface area contributed by atoms with Crippen molar-refractivity contribution in [3.05, 3.63) is 42.0 Å². The monoisotopic (exact) mass is 487 g/mol. The highest BCUT2D eigenvalue weighted by Gasteiger charge is 2.28. The van der Waals surface area contributed by atoms with Crippen molar-refractivity contribution in [3.63, 3.8) is 0 Å². The Morgan fingerprint density at radius 3 is 2.11 bits per heavy atom. The number of hydrogen-bond acceptors (Lipinski definition) is 3. The summed E-state index contributed by atoms with van der Waals surface area (Å²) in [5.41, 5.74) is -0.432. The highest BCUT2D eigenvalue weighted by atomic mass is 16.5. The number of amides is 1. The minimum absolute atomic E-state index is 0. The van der Waals surface area contributed by atoms with Gasteiger partial charge in [0.25, 0.3) is 5.91 Å². The number of ketones is 1. The number of Topliss-reactive ketones (excluding diaryl/α,β-unsaturated/α-hetero) is 1. The summed E-state index contributed by atoms with van der Waals surface area (Å²) in [6.07, 6.45) is 8.79. The van der Waals surface area contributed by atoms with Gasteiger partial charge in [0.05, 0.1) is 17.7 Å². The molecule has 4 nitrogen and oxygen atoms in total. The topological polar surface area (TPSA) is 55.4 Å². The van der Waals surface area contributed by atoms with Crippen molar-refractivity contribution >= 4 is 22.5 Å². The number of rotatable bonds is 7. The highest BCUT2D eigenvalue weighted by Crippen LogP contribution is 2.32. The van der Waals surface area contributed by atoms with Crippen molar-refractivity contribution in [1.29, 1.82) is 0 Å². The first-order valence-corrected chi connectivity index (χ1v) is 13.8. The molecule has 0 aliphatic heterocycles. The first-order valence-electron chi connectivity index (χ1n) is 13.8. The molecule has 1 N–H and O–H groups in total. The lowest BCUT2D eigenvalue weighted by Gasteiger charge is -2.24. The number of carbonyl (C=O) groups is 2. The van der Waals surface area contributed by atoms with Crippen molar-refractivity contribution in [2.75, 3.05) is 6.61 Å². The third-order valence-electron chi connectivity index (χ3n) is 5.93. The Balaban J connectivity index is 0. The molecule has 35 heavy (non-hydrogen) atoms. The molecule has 0 bridgehead atoms. The molecular formula is C31H53NO3. The van der Waals surface area contributed by atoms with Gasteiger partial charge in [-0.05, 0) is 44.6 Å². The Morgan fingerprint density at radius 1 is 0.971 bits per heavy atom. The molecular weight excluding hydrogens is 434 g/mol. The Bertz CT molecular complexity index is 873. The van der Waals surface area contributed by atoms with E-state index in [1.165, 1.54) is 45.4 Å². The Morgan fingerprint density at radius 2 is 1.54 bits per heavy atom. The number of carbonyl (C=O) groups excluding carboxylic acids is 2. The van der Waals surface area contributed by atoms with E-state index in [0.717, 1.165) is 23.1 Å². The maximum Gasteiger partial charge on any atom is 0.255 e. The summed E-state index contributed by atoms with van der Waals surface area (Å²) in [4.78, 5) is 24.8. The van der Waals surface area contributed by atoms with E-state index in [9.17, 15) is 9.59 Å². The Hall–Kier alpha value is -2.36. The predicted molar refractivity (Wildman–Crippen MR) is 154 cm³/mol. The highest BCUT2D eigenvalue weighted by molar-refractivity contribution is 6.05. The van der Waals surface area contributed by atoms with Crippen LogP contribution in [-0.4, -0.2) is 23.8 Å². The molecule has 0 spiro atoms. The maximum absolute atomic E-state index is 13.0. The molecule has 0 heterocycles. The van der Waals surface area contributed by atoms with Crippen molar-refractivity contribution in [1.82, 2.24) is 5.32 Å². The van der Waals surface area contributed by atoms with Gasteiger partial charge in [-0.2, -0.15) is 0 Å². The van der Waals surface area contributed by atoms with Crippen LogP contribution in [0.2, 0.25) is 0 Å². The molecule has 0 radical (unpaired) electrons. The summed E-state index contributed by atoms with van der Waals surface area (Å²) in [5, 5.41) is 4.82. The lowest BCUT2D eigenvalue weighted by atomic mass is 9.87. The molecule has 1 amide bonds. The molecule has 1 aliphatic rings. The maximum atomic E-state index is 13.0. The van der Waals surface area contributed by atoms with Crippen LogP contribution in [0.25, 0.3) is 10.8 Å². The lowest BCUT2D eigenvalue weighted by Crippen LogP contribution is -2.48. The third kappa shape index (κ3) is 10.8. The zero-order chi connectivity index (χ0) is 26.9. The quantitative estimate of drug-likeness (QED) is 0.424. The van der Waals surface area contributed by atoms with E-state index >= 15 is 0 Å². The van der Waals surface area contributed by atoms with Crippen LogP contribution in [0, 0.1) is 5.92 Å². The van der Waals surface area contributed by atoms with Crippen LogP contribution in [0.15, 0.2) is 36.4 Å². The van der Waals surface area contributed by atoms with Gasteiger partial charge in [-0.3, -0.25) is 9.59 Å². The second kappa shape index (κ2) is 18.0. The van der Waals surface area contributed by atoms with E-state index in [4.69, 9.17) is 4.74 Å². The standard InChI is InChI=1S/C24H31NO3.C3H8.2C2H6.H2/c1-17(26)24(2,3)25-23(27)21-14-13-19-11-7-8-12-20(19)22(21)28-16-15-18-9-5-4-6-10-18;1-3-2;2*1-2;/h7-8,11-14,18H,4-6,9-10,15-16H2,1-3H3,(H,25,27);3H2,1-2H3;2*1-2H3;1H. The molecule has 2 aromatic carbocycles. The number of nitrogens with one attached hydrogen (secondary N) is 1. The summed E-state index contributed by atoms with van der Waals surface area (Å²) in [7, 11) is 0. The van der Waals surface area contributed by atoms with Crippen LogP contribution in [-0.2, 0) is 4.79 Å². The van der Waals surface area contributed by atoms with Gasteiger partial charge in [0.2, 0.25) is 0 Å². The van der Waals surface area contributed by atoms with E-state index in [2.05, 4.69) is 19.2 Å². The molecule has 2 aromatic rings. The zero-order valence-electron chi connectivity index (χ0n) is 23.9. The average Bonchev–Trinajstić information content (AvgIpc) is 2.87. The van der Waals surface area contributed by atoms with E-state index in [-0.39, 0.29) is 13.1 Å². The van der Waals surface area contributed by atoms with Crippen molar-refractivity contribution in [2.45, 2.75) is 113 Å². The molecule has 4 heteroatoms. The minimum Gasteiger partial charge on any atom is -0.492 e. The van der Waals surface area contributed by atoms with Gasteiger partial charge < -0.3 is 10.1 Å². The smallest absolute Gasteiger partial charge is 0.255 e. The van der Waals surface area contributed by atoms with Crippen molar-refractivity contribution in [2.24, 2.45) is 5.92 Å². The fourth-order valence-corrected chi connectivity index (χ4v) is 3.82. The van der Waals surface area contributed by atoms with Crippen molar-refractivity contribution in [3.8, 4) is 5.75 Å². The minimum atomic E-state index is -0.915. The van der Waals surface area contributed by atoms with E-state index in [0.29, 0.717) is 17.9 Å². The van der Waals surface area contributed by atoms with Crippen LogP contribution in [0.3, 0.4) is 0 Å². The van der Waals surface area contributed by atoms with E-state index in [1.807, 2.05) is 58.0 Å². The van der Waals surface area contributed by atoms with Gasteiger partial charge in [-0.1, -0.05) is 110 Å². The molecule has 1 fully saturated rings. The second-order valence-electron chi connectivity index (χ2n) is 9.15.